The fraction of sp³-hybridized carbons (Fsp3) is 0.867. The smallest absolute Gasteiger partial charge is 0.225 e. The van der Waals surface area contributed by atoms with Crippen LogP contribution in [0.1, 0.15) is 54.4 Å². The largest absolute Gasteiger partial charge is 0.351 e. The van der Waals surface area contributed by atoms with Crippen LogP contribution >= 0.6 is 0 Å². The molecule has 0 aromatic heterocycles. The lowest BCUT2D eigenvalue weighted by Gasteiger charge is -2.34. The molecule has 2 amide bonds. The number of likely N-dealkylation sites (tertiary alicyclic amines) is 1. The normalized spacial score (nSPS) is 20.8. The van der Waals surface area contributed by atoms with Crippen LogP contribution in [0, 0.1) is 11.3 Å². The number of carbonyl (C=O) groups is 2. The Balaban J connectivity index is 2.58. The second kappa shape index (κ2) is 5.51. The molecule has 1 aliphatic heterocycles. The highest BCUT2D eigenvalue weighted by Gasteiger charge is 2.36. The zero-order valence-corrected chi connectivity index (χ0v) is 13.2. The Morgan fingerprint density at radius 2 is 1.89 bits per heavy atom. The molecule has 0 aromatic rings. The Bertz CT molecular complexity index is 356. The maximum atomic E-state index is 12.3. The third kappa shape index (κ3) is 4.84. The standard InChI is InChI=1S/C15H28N2O2/c1-7-17-9-11(8-12(17)18)13(19)16-15(5,6)10-14(2,3)4/h11H,7-10H2,1-6H3,(H,16,19)/t11-/m1/s1. The Labute approximate surface area is 116 Å². The van der Waals surface area contributed by atoms with Gasteiger partial charge in [0, 0.05) is 25.0 Å². The topological polar surface area (TPSA) is 49.4 Å². The highest BCUT2D eigenvalue weighted by molar-refractivity contribution is 5.89. The van der Waals surface area contributed by atoms with Crippen LogP contribution in [0.3, 0.4) is 0 Å². The first-order chi connectivity index (χ1) is 8.54. The van der Waals surface area contributed by atoms with Gasteiger partial charge in [0.05, 0.1) is 5.92 Å². The molecule has 0 spiro atoms. The van der Waals surface area contributed by atoms with Gasteiger partial charge in [0.15, 0.2) is 0 Å². The number of amides is 2. The summed E-state index contributed by atoms with van der Waals surface area (Å²) in [6.07, 6.45) is 1.26. The molecule has 0 saturated carbocycles. The van der Waals surface area contributed by atoms with Crippen LogP contribution in [-0.4, -0.2) is 35.3 Å². The number of hydrogen-bond acceptors (Lipinski definition) is 2. The van der Waals surface area contributed by atoms with Crippen molar-refractivity contribution in [1.29, 1.82) is 0 Å². The number of carbonyl (C=O) groups excluding carboxylic acids is 2. The summed E-state index contributed by atoms with van der Waals surface area (Å²) < 4.78 is 0. The number of nitrogens with zero attached hydrogens (tertiary/aromatic N) is 1. The van der Waals surface area contributed by atoms with Gasteiger partial charge in [-0.2, -0.15) is 0 Å². The minimum absolute atomic E-state index is 0.0125. The lowest BCUT2D eigenvalue weighted by Crippen LogP contribution is -2.48. The maximum Gasteiger partial charge on any atom is 0.225 e. The molecule has 1 rings (SSSR count). The van der Waals surface area contributed by atoms with Gasteiger partial charge in [-0.25, -0.2) is 0 Å². The summed E-state index contributed by atoms with van der Waals surface area (Å²) >= 11 is 0. The van der Waals surface area contributed by atoms with E-state index in [9.17, 15) is 9.59 Å². The van der Waals surface area contributed by atoms with Gasteiger partial charge in [-0.15, -0.1) is 0 Å². The molecule has 0 radical (unpaired) electrons. The second-order valence-electron chi connectivity index (χ2n) is 7.44. The Morgan fingerprint density at radius 3 is 2.32 bits per heavy atom. The first-order valence-electron chi connectivity index (χ1n) is 7.14. The van der Waals surface area contributed by atoms with Crippen LogP contribution in [0.15, 0.2) is 0 Å². The third-order valence-electron chi connectivity index (χ3n) is 3.40. The van der Waals surface area contributed by atoms with Gasteiger partial charge >= 0.3 is 0 Å². The number of rotatable bonds is 4. The van der Waals surface area contributed by atoms with Crippen LogP contribution in [0.4, 0.5) is 0 Å². The molecule has 4 nitrogen and oxygen atoms in total. The van der Waals surface area contributed by atoms with Gasteiger partial charge in [-0.3, -0.25) is 9.59 Å². The van der Waals surface area contributed by atoms with Crippen molar-refractivity contribution in [2.75, 3.05) is 13.1 Å². The van der Waals surface area contributed by atoms with Crippen molar-refractivity contribution < 1.29 is 9.59 Å². The number of hydrogen-bond donors (Lipinski definition) is 1. The number of nitrogens with one attached hydrogen (secondary N) is 1. The minimum Gasteiger partial charge on any atom is -0.351 e. The molecule has 4 heteroatoms. The second-order valence-corrected chi connectivity index (χ2v) is 7.44. The molecule has 1 atom stereocenters. The maximum absolute atomic E-state index is 12.3. The fourth-order valence-corrected chi connectivity index (χ4v) is 3.06. The summed E-state index contributed by atoms with van der Waals surface area (Å²) in [7, 11) is 0. The van der Waals surface area contributed by atoms with Crippen LogP contribution < -0.4 is 5.32 Å². The molecule has 19 heavy (non-hydrogen) atoms. The van der Waals surface area contributed by atoms with Crippen LogP contribution in [-0.2, 0) is 9.59 Å². The van der Waals surface area contributed by atoms with Gasteiger partial charge in [0.2, 0.25) is 11.8 Å². The highest BCUT2D eigenvalue weighted by atomic mass is 16.2. The Kier molecular flexibility index (Phi) is 4.64. The van der Waals surface area contributed by atoms with E-state index in [1.54, 1.807) is 4.90 Å². The van der Waals surface area contributed by atoms with Crippen LogP contribution in [0.2, 0.25) is 0 Å². The lowest BCUT2D eigenvalue weighted by atomic mass is 9.81. The molecule has 0 aromatic carbocycles. The summed E-state index contributed by atoms with van der Waals surface area (Å²) in [5.41, 5.74) is -0.0737. The van der Waals surface area contributed by atoms with E-state index in [1.165, 1.54) is 0 Å². The van der Waals surface area contributed by atoms with Crippen molar-refractivity contribution in [1.82, 2.24) is 10.2 Å². The Morgan fingerprint density at radius 1 is 1.32 bits per heavy atom. The molecule has 1 saturated heterocycles. The van der Waals surface area contributed by atoms with Gasteiger partial charge in [0.1, 0.15) is 0 Å². The molecule has 0 aliphatic carbocycles. The highest BCUT2D eigenvalue weighted by Crippen LogP contribution is 2.27. The summed E-state index contributed by atoms with van der Waals surface area (Å²) in [6.45, 7) is 13.8. The van der Waals surface area contributed by atoms with Crippen LogP contribution in [0.25, 0.3) is 0 Å². The molecule has 1 heterocycles. The van der Waals surface area contributed by atoms with Crippen molar-refractivity contribution in [2.45, 2.75) is 59.9 Å². The van der Waals surface area contributed by atoms with E-state index >= 15 is 0 Å². The zero-order chi connectivity index (χ0) is 14.8. The molecule has 1 N–H and O–H groups in total. The first-order valence-corrected chi connectivity index (χ1v) is 7.14. The van der Waals surface area contributed by atoms with Crippen molar-refractivity contribution >= 4 is 11.8 Å². The molecule has 1 fully saturated rings. The summed E-state index contributed by atoms with van der Waals surface area (Å²) in [5.74, 6) is -0.0819. The molecular formula is C15H28N2O2. The van der Waals surface area contributed by atoms with Gasteiger partial charge in [0.25, 0.3) is 0 Å². The SMILES string of the molecule is CCN1C[C@H](C(=O)NC(C)(C)CC(C)(C)C)CC1=O. The van der Waals surface area contributed by atoms with Crippen LogP contribution in [0.5, 0.6) is 0 Å². The van der Waals surface area contributed by atoms with E-state index in [0.717, 1.165) is 6.42 Å². The van der Waals surface area contributed by atoms with E-state index in [4.69, 9.17) is 0 Å². The molecule has 110 valence electrons. The van der Waals surface area contributed by atoms with Crippen molar-refractivity contribution in [3.63, 3.8) is 0 Å². The third-order valence-corrected chi connectivity index (χ3v) is 3.40. The predicted molar refractivity (Wildman–Crippen MR) is 76.7 cm³/mol. The van der Waals surface area contributed by atoms with E-state index in [0.29, 0.717) is 19.5 Å². The summed E-state index contributed by atoms with van der Waals surface area (Å²) in [4.78, 5) is 25.7. The quantitative estimate of drug-likeness (QED) is 0.849. The molecule has 1 aliphatic rings. The molecular weight excluding hydrogens is 240 g/mol. The van der Waals surface area contributed by atoms with Gasteiger partial charge < -0.3 is 10.2 Å². The minimum atomic E-state index is -0.238. The molecule has 0 unspecified atom stereocenters. The zero-order valence-electron chi connectivity index (χ0n) is 13.2. The average Bonchev–Trinajstić information content (AvgIpc) is 2.54. The Hall–Kier alpha value is -1.06. The summed E-state index contributed by atoms with van der Waals surface area (Å²) in [6, 6.07) is 0. The first kappa shape index (κ1) is 16.0. The van der Waals surface area contributed by atoms with E-state index < -0.39 is 0 Å². The predicted octanol–water partition coefficient (Wildman–Crippen LogP) is 2.19. The van der Waals surface area contributed by atoms with Gasteiger partial charge in [-0.05, 0) is 32.6 Å². The van der Waals surface area contributed by atoms with Crippen molar-refractivity contribution in [2.24, 2.45) is 11.3 Å². The monoisotopic (exact) mass is 268 g/mol. The van der Waals surface area contributed by atoms with Gasteiger partial charge in [-0.1, -0.05) is 20.8 Å². The lowest BCUT2D eigenvalue weighted by molar-refractivity contribution is -0.129. The van der Waals surface area contributed by atoms with E-state index in [2.05, 4.69) is 26.1 Å². The van der Waals surface area contributed by atoms with Crippen molar-refractivity contribution in [3.05, 3.63) is 0 Å². The fourth-order valence-electron chi connectivity index (χ4n) is 3.06. The summed E-state index contributed by atoms with van der Waals surface area (Å²) in [5, 5.41) is 3.10. The van der Waals surface area contributed by atoms with E-state index in [1.807, 2.05) is 20.8 Å². The molecule has 0 bridgehead atoms. The average molecular weight is 268 g/mol. The van der Waals surface area contributed by atoms with E-state index in [-0.39, 0.29) is 28.7 Å². The van der Waals surface area contributed by atoms with Crippen molar-refractivity contribution in [3.8, 4) is 0 Å².